The fourth-order valence-electron chi connectivity index (χ4n) is 3.35. The first kappa shape index (κ1) is 20.8. The standard InChI is InChI=1S/C24H27NO4/c1-4-25(5-2)14-15-28-24(27)17(3)19-12-9-13-20-21(26)16-22(29-23(19)20)18-10-7-6-8-11-18/h6-13,16-17H,4-5,14-15H2,1-3H3/t17-/m1/s1. The van der Waals surface area contributed by atoms with Crippen LogP contribution in [0.4, 0.5) is 0 Å². The Morgan fingerprint density at radius 2 is 1.79 bits per heavy atom. The predicted molar refractivity (Wildman–Crippen MR) is 115 cm³/mol. The SMILES string of the molecule is CCN(CC)CCOC(=O)[C@H](C)c1cccc2c(=O)cc(-c3ccccc3)oc12. The lowest BCUT2D eigenvalue weighted by Gasteiger charge is -2.19. The molecule has 0 bridgehead atoms. The van der Waals surface area contributed by atoms with E-state index in [9.17, 15) is 9.59 Å². The number of rotatable bonds is 8. The minimum Gasteiger partial charge on any atom is -0.464 e. The van der Waals surface area contributed by atoms with Gasteiger partial charge in [-0.25, -0.2) is 0 Å². The molecule has 29 heavy (non-hydrogen) atoms. The Kier molecular flexibility index (Phi) is 6.83. The van der Waals surface area contributed by atoms with Crippen molar-refractivity contribution in [1.29, 1.82) is 0 Å². The molecular weight excluding hydrogens is 366 g/mol. The Morgan fingerprint density at radius 1 is 1.07 bits per heavy atom. The largest absolute Gasteiger partial charge is 0.464 e. The van der Waals surface area contributed by atoms with Crippen molar-refractivity contribution in [3.63, 3.8) is 0 Å². The number of nitrogens with zero attached hydrogens (tertiary/aromatic N) is 1. The summed E-state index contributed by atoms with van der Waals surface area (Å²) in [5.74, 6) is -0.375. The third-order valence-corrected chi connectivity index (χ3v) is 5.21. The van der Waals surface area contributed by atoms with Gasteiger partial charge in [0.05, 0.1) is 11.3 Å². The van der Waals surface area contributed by atoms with E-state index < -0.39 is 5.92 Å². The fourth-order valence-corrected chi connectivity index (χ4v) is 3.35. The highest BCUT2D eigenvalue weighted by molar-refractivity contribution is 5.88. The van der Waals surface area contributed by atoms with Gasteiger partial charge in [-0.05, 0) is 26.1 Å². The molecule has 0 radical (unpaired) electrons. The Labute approximate surface area is 170 Å². The highest BCUT2D eigenvalue weighted by Gasteiger charge is 2.22. The van der Waals surface area contributed by atoms with Gasteiger partial charge >= 0.3 is 5.97 Å². The Morgan fingerprint density at radius 3 is 2.48 bits per heavy atom. The second kappa shape index (κ2) is 9.52. The van der Waals surface area contributed by atoms with Crippen LogP contribution in [0.1, 0.15) is 32.3 Å². The van der Waals surface area contributed by atoms with Crippen LogP contribution in [-0.4, -0.2) is 37.1 Å². The molecule has 0 aliphatic carbocycles. The second-order valence-electron chi connectivity index (χ2n) is 6.98. The summed E-state index contributed by atoms with van der Waals surface area (Å²) in [6.07, 6.45) is 0. The molecule has 2 aromatic carbocycles. The van der Waals surface area contributed by atoms with E-state index in [-0.39, 0.29) is 11.4 Å². The second-order valence-corrected chi connectivity index (χ2v) is 6.98. The summed E-state index contributed by atoms with van der Waals surface area (Å²) in [6.45, 7) is 8.82. The van der Waals surface area contributed by atoms with Crippen molar-refractivity contribution in [2.45, 2.75) is 26.7 Å². The number of hydrogen-bond donors (Lipinski definition) is 0. The van der Waals surface area contributed by atoms with Crippen LogP contribution >= 0.6 is 0 Å². The van der Waals surface area contributed by atoms with Gasteiger partial charge in [-0.1, -0.05) is 56.3 Å². The van der Waals surface area contributed by atoms with E-state index in [4.69, 9.17) is 9.15 Å². The molecule has 0 N–H and O–H groups in total. The summed E-state index contributed by atoms with van der Waals surface area (Å²) < 4.78 is 11.6. The summed E-state index contributed by atoms with van der Waals surface area (Å²) in [5, 5.41) is 0.463. The first-order valence-electron chi connectivity index (χ1n) is 10.1. The van der Waals surface area contributed by atoms with Crippen molar-refractivity contribution in [2.24, 2.45) is 0 Å². The monoisotopic (exact) mass is 393 g/mol. The fraction of sp³-hybridized carbons (Fsp3) is 0.333. The van der Waals surface area contributed by atoms with Crippen molar-refractivity contribution in [3.8, 4) is 11.3 Å². The summed E-state index contributed by atoms with van der Waals surface area (Å²) in [7, 11) is 0. The number of carbonyl (C=O) groups excluding carboxylic acids is 1. The van der Waals surface area contributed by atoms with Gasteiger partial charge in [0.1, 0.15) is 18.0 Å². The topological polar surface area (TPSA) is 59.8 Å². The highest BCUT2D eigenvalue weighted by atomic mass is 16.5. The van der Waals surface area contributed by atoms with Crippen LogP contribution in [0, 0.1) is 0 Å². The van der Waals surface area contributed by atoms with Gasteiger partial charge in [0.15, 0.2) is 5.43 Å². The number of carbonyl (C=O) groups is 1. The van der Waals surface area contributed by atoms with Crippen LogP contribution in [0.2, 0.25) is 0 Å². The lowest BCUT2D eigenvalue weighted by molar-refractivity contribution is -0.145. The van der Waals surface area contributed by atoms with E-state index >= 15 is 0 Å². The van der Waals surface area contributed by atoms with Gasteiger partial charge in [0.2, 0.25) is 0 Å². The number of fused-ring (bicyclic) bond motifs is 1. The zero-order chi connectivity index (χ0) is 20.8. The molecule has 0 aliphatic rings. The van der Waals surface area contributed by atoms with Crippen LogP contribution in [0.5, 0.6) is 0 Å². The van der Waals surface area contributed by atoms with E-state index in [2.05, 4.69) is 18.7 Å². The zero-order valence-electron chi connectivity index (χ0n) is 17.2. The highest BCUT2D eigenvalue weighted by Crippen LogP contribution is 2.29. The lowest BCUT2D eigenvalue weighted by atomic mass is 9.98. The quantitative estimate of drug-likeness (QED) is 0.529. The molecule has 3 aromatic rings. The molecule has 0 amide bonds. The Hall–Kier alpha value is -2.92. The van der Waals surface area contributed by atoms with Crippen LogP contribution in [-0.2, 0) is 9.53 Å². The van der Waals surface area contributed by atoms with Crippen LogP contribution < -0.4 is 5.43 Å². The Balaban J connectivity index is 1.89. The lowest BCUT2D eigenvalue weighted by Crippen LogP contribution is -2.28. The molecule has 3 rings (SSSR count). The molecular formula is C24H27NO4. The molecule has 5 heteroatoms. The van der Waals surface area contributed by atoms with E-state index in [1.54, 1.807) is 19.1 Å². The molecule has 0 unspecified atom stereocenters. The minimum atomic E-state index is -0.537. The maximum absolute atomic E-state index is 12.6. The molecule has 0 fully saturated rings. The number of ether oxygens (including phenoxy) is 1. The van der Waals surface area contributed by atoms with Gasteiger partial charge in [-0.15, -0.1) is 0 Å². The van der Waals surface area contributed by atoms with Crippen molar-refractivity contribution in [1.82, 2.24) is 4.90 Å². The number of para-hydroxylation sites is 1. The van der Waals surface area contributed by atoms with Gasteiger partial charge in [0.25, 0.3) is 0 Å². The van der Waals surface area contributed by atoms with E-state index in [0.717, 1.165) is 18.7 Å². The molecule has 0 spiro atoms. The Bertz CT molecular complexity index is 1020. The van der Waals surface area contributed by atoms with Crippen molar-refractivity contribution in [3.05, 3.63) is 70.4 Å². The maximum Gasteiger partial charge on any atom is 0.313 e. The molecule has 1 atom stereocenters. The van der Waals surface area contributed by atoms with Crippen LogP contribution in [0.3, 0.4) is 0 Å². The first-order chi connectivity index (χ1) is 14.0. The third-order valence-electron chi connectivity index (χ3n) is 5.21. The van der Waals surface area contributed by atoms with E-state index in [1.165, 1.54) is 6.07 Å². The van der Waals surface area contributed by atoms with Gasteiger partial charge in [0, 0.05) is 23.7 Å². The van der Waals surface area contributed by atoms with Crippen molar-refractivity contribution in [2.75, 3.05) is 26.2 Å². The molecule has 0 saturated heterocycles. The van der Waals surface area contributed by atoms with Gasteiger partial charge < -0.3 is 14.1 Å². The average Bonchev–Trinajstić information content (AvgIpc) is 2.76. The predicted octanol–water partition coefficient (Wildman–Crippen LogP) is 4.45. The first-order valence-corrected chi connectivity index (χ1v) is 10.1. The molecule has 152 valence electrons. The molecule has 5 nitrogen and oxygen atoms in total. The van der Waals surface area contributed by atoms with Gasteiger partial charge in [-0.2, -0.15) is 0 Å². The van der Waals surface area contributed by atoms with Gasteiger partial charge in [-0.3, -0.25) is 9.59 Å². The molecule has 1 heterocycles. The zero-order valence-corrected chi connectivity index (χ0v) is 17.2. The average molecular weight is 393 g/mol. The third kappa shape index (κ3) is 4.74. The van der Waals surface area contributed by atoms with Crippen molar-refractivity contribution < 1.29 is 13.9 Å². The van der Waals surface area contributed by atoms with E-state index in [0.29, 0.717) is 35.4 Å². The van der Waals surface area contributed by atoms with E-state index in [1.807, 2.05) is 36.4 Å². The summed E-state index contributed by atoms with van der Waals surface area (Å²) in [6, 6.07) is 16.3. The number of benzene rings is 2. The summed E-state index contributed by atoms with van der Waals surface area (Å²) in [4.78, 5) is 27.5. The van der Waals surface area contributed by atoms with Crippen LogP contribution in [0.15, 0.2) is 63.8 Å². The van der Waals surface area contributed by atoms with Crippen LogP contribution in [0.25, 0.3) is 22.3 Å². The van der Waals surface area contributed by atoms with Crippen molar-refractivity contribution >= 4 is 16.9 Å². The normalized spacial score (nSPS) is 12.3. The number of likely N-dealkylation sites (N-methyl/N-ethyl adjacent to an activating group) is 1. The summed E-state index contributed by atoms with van der Waals surface area (Å²) in [5.41, 5.74) is 1.78. The molecule has 0 aliphatic heterocycles. The summed E-state index contributed by atoms with van der Waals surface area (Å²) >= 11 is 0. The molecule has 0 saturated carbocycles. The smallest absolute Gasteiger partial charge is 0.313 e. The number of esters is 1. The maximum atomic E-state index is 12.6. The minimum absolute atomic E-state index is 0.131. The molecule has 1 aromatic heterocycles. The number of hydrogen-bond acceptors (Lipinski definition) is 5.